The lowest BCUT2D eigenvalue weighted by atomic mass is 10.0. The summed E-state index contributed by atoms with van der Waals surface area (Å²) in [6.45, 7) is 3.35. The number of halogens is 1. The number of nitrogens with zero attached hydrogens (tertiary/aromatic N) is 1. The van der Waals surface area contributed by atoms with Gasteiger partial charge in [-0.05, 0) is 50.1 Å². The van der Waals surface area contributed by atoms with Crippen molar-refractivity contribution in [1.29, 1.82) is 0 Å². The van der Waals surface area contributed by atoms with E-state index in [1.807, 2.05) is 55.5 Å². The van der Waals surface area contributed by atoms with Gasteiger partial charge in [-0.2, -0.15) is 0 Å². The molecule has 3 aromatic rings. The van der Waals surface area contributed by atoms with Crippen LogP contribution >= 0.6 is 15.9 Å². The maximum Gasteiger partial charge on any atom is 0.252 e. The summed E-state index contributed by atoms with van der Waals surface area (Å²) in [5, 5.41) is 3.92. The van der Waals surface area contributed by atoms with Gasteiger partial charge in [-0.15, -0.1) is 0 Å². The SMILES string of the molecule is Cc1ccc2nc(-c3cccc(Br)c3)cc(C(=O)NC[C@@H]3CCCO3)c2c1. The molecule has 0 spiro atoms. The van der Waals surface area contributed by atoms with Gasteiger partial charge in [0.05, 0.1) is 22.9 Å². The fourth-order valence-electron chi connectivity index (χ4n) is 3.43. The number of hydrogen-bond donors (Lipinski definition) is 1. The molecule has 1 N–H and O–H groups in total. The molecule has 0 bridgehead atoms. The monoisotopic (exact) mass is 424 g/mol. The summed E-state index contributed by atoms with van der Waals surface area (Å²) in [5.74, 6) is -0.0836. The molecule has 1 aromatic heterocycles. The molecule has 4 nitrogen and oxygen atoms in total. The van der Waals surface area contributed by atoms with Gasteiger partial charge in [0.1, 0.15) is 0 Å². The van der Waals surface area contributed by atoms with Gasteiger partial charge in [0, 0.05) is 28.6 Å². The van der Waals surface area contributed by atoms with E-state index in [4.69, 9.17) is 9.72 Å². The van der Waals surface area contributed by atoms with Crippen LogP contribution < -0.4 is 5.32 Å². The van der Waals surface area contributed by atoms with E-state index in [1.165, 1.54) is 0 Å². The topological polar surface area (TPSA) is 51.2 Å². The summed E-state index contributed by atoms with van der Waals surface area (Å²) in [7, 11) is 0. The van der Waals surface area contributed by atoms with E-state index in [0.717, 1.165) is 51.6 Å². The number of rotatable bonds is 4. The number of carbonyl (C=O) groups is 1. The van der Waals surface area contributed by atoms with E-state index in [0.29, 0.717) is 12.1 Å². The fourth-order valence-corrected chi connectivity index (χ4v) is 3.83. The van der Waals surface area contributed by atoms with Gasteiger partial charge in [0.15, 0.2) is 0 Å². The molecule has 0 radical (unpaired) electrons. The molecule has 4 rings (SSSR count). The van der Waals surface area contributed by atoms with Crippen LogP contribution in [0.4, 0.5) is 0 Å². The summed E-state index contributed by atoms with van der Waals surface area (Å²) < 4.78 is 6.60. The Labute approximate surface area is 167 Å². The van der Waals surface area contributed by atoms with Crippen LogP contribution in [0.25, 0.3) is 22.2 Å². The van der Waals surface area contributed by atoms with Gasteiger partial charge in [0.2, 0.25) is 0 Å². The standard InChI is InChI=1S/C22H21BrN2O2/c1-14-7-8-20-18(10-14)19(22(26)24-13-17-6-3-9-27-17)12-21(25-20)15-4-2-5-16(23)11-15/h2,4-5,7-8,10-12,17H,3,6,9,13H2,1H3,(H,24,26)/t17-/m0/s1. The number of aryl methyl sites for hydroxylation is 1. The third-order valence-electron chi connectivity index (χ3n) is 4.84. The van der Waals surface area contributed by atoms with Gasteiger partial charge in [-0.3, -0.25) is 4.79 Å². The quantitative estimate of drug-likeness (QED) is 0.648. The number of amides is 1. The Morgan fingerprint density at radius 1 is 1.26 bits per heavy atom. The second-order valence-corrected chi connectivity index (χ2v) is 7.85. The summed E-state index contributed by atoms with van der Waals surface area (Å²) in [6, 6.07) is 15.9. The third-order valence-corrected chi connectivity index (χ3v) is 5.34. The van der Waals surface area contributed by atoms with Crippen molar-refractivity contribution >= 4 is 32.7 Å². The Morgan fingerprint density at radius 3 is 2.93 bits per heavy atom. The zero-order chi connectivity index (χ0) is 18.8. The first-order valence-electron chi connectivity index (χ1n) is 9.17. The molecule has 1 atom stereocenters. The summed E-state index contributed by atoms with van der Waals surface area (Å²) in [6.07, 6.45) is 2.18. The normalized spacial score (nSPS) is 16.6. The number of nitrogens with one attached hydrogen (secondary N) is 1. The minimum absolute atomic E-state index is 0.0836. The van der Waals surface area contributed by atoms with E-state index < -0.39 is 0 Å². The minimum Gasteiger partial charge on any atom is -0.376 e. The lowest BCUT2D eigenvalue weighted by molar-refractivity contribution is 0.0859. The van der Waals surface area contributed by atoms with E-state index >= 15 is 0 Å². The molecule has 1 amide bonds. The van der Waals surface area contributed by atoms with Crippen LogP contribution in [0.5, 0.6) is 0 Å². The molecule has 0 saturated carbocycles. The summed E-state index contributed by atoms with van der Waals surface area (Å²) >= 11 is 3.51. The van der Waals surface area contributed by atoms with E-state index in [1.54, 1.807) is 0 Å². The number of aromatic nitrogens is 1. The number of fused-ring (bicyclic) bond motifs is 1. The number of hydrogen-bond acceptors (Lipinski definition) is 3. The van der Waals surface area contributed by atoms with Gasteiger partial charge in [-0.25, -0.2) is 4.98 Å². The largest absolute Gasteiger partial charge is 0.376 e. The molecule has 27 heavy (non-hydrogen) atoms. The van der Waals surface area contributed by atoms with Gasteiger partial charge in [0.25, 0.3) is 5.91 Å². The molecule has 138 valence electrons. The average molecular weight is 425 g/mol. The van der Waals surface area contributed by atoms with Crippen molar-refractivity contribution in [2.24, 2.45) is 0 Å². The van der Waals surface area contributed by atoms with Gasteiger partial charge < -0.3 is 10.1 Å². The van der Waals surface area contributed by atoms with Crippen LogP contribution in [0, 0.1) is 6.92 Å². The molecule has 1 saturated heterocycles. The minimum atomic E-state index is -0.0836. The first-order valence-corrected chi connectivity index (χ1v) is 9.96. The van der Waals surface area contributed by atoms with Crippen molar-refractivity contribution < 1.29 is 9.53 Å². The Hall–Kier alpha value is -2.24. The van der Waals surface area contributed by atoms with Crippen LogP contribution in [-0.2, 0) is 4.74 Å². The van der Waals surface area contributed by atoms with Crippen LogP contribution in [0.15, 0.2) is 53.0 Å². The molecular weight excluding hydrogens is 404 g/mol. The first-order chi connectivity index (χ1) is 13.1. The number of carbonyl (C=O) groups excluding carboxylic acids is 1. The highest BCUT2D eigenvalue weighted by Gasteiger charge is 2.19. The average Bonchev–Trinajstić information content (AvgIpc) is 3.19. The second-order valence-electron chi connectivity index (χ2n) is 6.93. The predicted molar refractivity (Wildman–Crippen MR) is 111 cm³/mol. The highest BCUT2D eigenvalue weighted by atomic mass is 79.9. The number of pyridine rings is 1. The van der Waals surface area contributed by atoms with E-state index in [9.17, 15) is 4.79 Å². The smallest absolute Gasteiger partial charge is 0.252 e. The number of ether oxygens (including phenoxy) is 1. The highest BCUT2D eigenvalue weighted by molar-refractivity contribution is 9.10. The molecule has 1 aliphatic rings. The second kappa shape index (κ2) is 7.79. The van der Waals surface area contributed by atoms with E-state index in [-0.39, 0.29) is 12.0 Å². The molecule has 5 heteroatoms. The van der Waals surface area contributed by atoms with E-state index in [2.05, 4.69) is 21.2 Å². The predicted octanol–water partition coefficient (Wildman–Crippen LogP) is 4.88. The van der Waals surface area contributed by atoms with Crippen molar-refractivity contribution in [3.8, 4) is 11.3 Å². The molecule has 1 fully saturated rings. The maximum atomic E-state index is 13.0. The Balaban J connectivity index is 1.74. The van der Waals surface area contributed by atoms with Crippen molar-refractivity contribution in [2.45, 2.75) is 25.9 Å². The summed E-state index contributed by atoms with van der Waals surface area (Å²) in [4.78, 5) is 17.8. The lowest BCUT2D eigenvalue weighted by Gasteiger charge is -2.14. The third kappa shape index (κ3) is 4.04. The van der Waals surface area contributed by atoms with Crippen molar-refractivity contribution in [3.63, 3.8) is 0 Å². The van der Waals surface area contributed by atoms with Crippen molar-refractivity contribution in [3.05, 3.63) is 64.1 Å². The van der Waals surface area contributed by atoms with Crippen LogP contribution in [0.1, 0.15) is 28.8 Å². The van der Waals surface area contributed by atoms with Crippen molar-refractivity contribution in [1.82, 2.24) is 10.3 Å². The Bertz CT molecular complexity index is 997. The zero-order valence-electron chi connectivity index (χ0n) is 15.2. The Morgan fingerprint density at radius 2 is 2.15 bits per heavy atom. The molecular formula is C22H21BrN2O2. The zero-order valence-corrected chi connectivity index (χ0v) is 16.8. The first kappa shape index (κ1) is 18.1. The van der Waals surface area contributed by atoms with Crippen LogP contribution in [0.2, 0.25) is 0 Å². The van der Waals surface area contributed by atoms with Gasteiger partial charge in [-0.1, -0.05) is 39.7 Å². The highest BCUT2D eigenvalue weighted by Crippen LogP contribution is 2.27. The van der Waals surface area contributed by atoms with Crippen molar-refractivity contribution in [2.75, 3.05) is 13.2 Å². The molecule has 2 aromatic carbocycles. The Kier molecular flexibility index (Phi) is 5.23. The molecule has 1 aliphatic heterocycles. The van der Waals surface area contributed by atoms with Crippen LogP contribution in [-0.4, -0.2) is 30.1 Å². The summed E-state index contributed by atoms with van der Waals surface area (Å²) in [5.41, 5.74) is 4.33. The van der Waals surface area contributed by atoms with Gasteiger partial charge >= 0.3 is 0 Å². The fraction of sp³-hybridized carbons (Fsp3) is 0.273. The lowest BCUT2D eigenvalue weighted by Crippen LogP contribution is -2.32. The molecule has 2 heterocycles. The maximum absolute atomic E-state index is 13.0. The molecule has 0 unspecified atom stereocenters. The van der Waals surface area contributed by atoms with Crippen LogP contribution in [0.3, 0.4) is 0 Å². The number of benzene rings is 2. The molecule has 0 aliphatic carbocycles.